The quantitative estimate of drug-likeness (QED) is 0.511. The topological polar surface area (TPSA) is 21.1 Å². The van der Waals surface area contributed by atoms with Crippen LogP contribution in [-0.4, -0.2) is 22.4 Å². The molecule has 0 saturated carbocycles. The Morgan fingerprint density at radius 2 is 1.86 bits per heavy atom. The van der Waals surface area contributed by atoms with Gasteiger partial charge in [0.2, 0.25) is 0 Å². The van der Waals surface area contributed by atoms with Crippen molar-refractivity contribution in [1.82, 2.24) is 9.78 Å². The summed E-state index contributed by atoms with van der Waals surface area (Å²) in [6.45, 7) is 4.93. The molecule has 0 N–H and O–H groups in total. The number of hydrogen-bond donors (Lipinski definition) is 0. The Morgan fingerprint density at radius 1 is 1.14 bits per heavy atom. The summed E-state index contributed by atoms with van der Waals surface area (Å²) in [5.74, 6) is 0. The van der Waals surface area contributed by atoms with Gasteiger partial charge in [0.15, 0.2) is 5.69 Å². The molecule has 8 heteroatoms. The minimum Gasteiger partial charge on any atom is -0.368 e. The van der Waals surface area contributed by atoms with Crippen molar-refractivity contribution in [3.05, 3.63) is 35.2 Å². The van der Waals surface area contributed by atoms with Gasteiger partial charge in [0.1, 0.15) is 0 Å². The lowest BCUT2D eigenvalue weighted by molar-refractivity contribution is -0.141. The molecular weight excluding hydrogens is 389 g/mol. The molecule has 0 bridgehead atoms. The summed E-state index contributed by atoms with van der Waals surface area (Å²) in [5, 5.41) is 3.49. The normalized spacial score (nSPS) is 15.7. The molecule has 1 aromatic carbocycles. The fourth-order valence-corrected chi connectivity index (χ4v) is 4.28. The first-order valence-electron chi connectivity index (χ1n) is 10.00. The smallest absolute Gasteiger partial charge is 0.368 e. The van der Waals surface area contributed by atoms with Crippen molar-refractivity contribution in [2.24, 2.45) is 7.05 Å². The van der Waals surface area contributed by atoms with Crippen LogP contribution in [0.3, 0.4) is 0 Å². The van der Waals surface area contributed by atoms with Crippen molar-refractivity contribution in [2.75, 3.05) is 11.4 Å². The molecule has 1 aromatic heterocycles. The first-order chi connectivity index (χ1) is 13.7. The van der Waals surface area contributed by atoms with Crippen LogP contribution in [0.1, 0.15) is 62.8 Å². The molecule has 2 aromatic rings. The van der Waals surface area contributed by atoms with Gasteiger partial charge in [0.25, 0.3) is 6.43 Å². The first-order valence-corrected chi connectivity index (χ1v) is 10.00. The molecule has 1 aliphatic heterocycles. The number of alkyl halides is 5. The SMILES string of the molecule is CCCC(CC)N1CCCc2cc(-c3cn(C)nc3C(F)(F)F)c(C(F)F)cc21. The Bertz CT molecular complexity index is 857. The third-order valence-electron chi connectivity index (χ3n) is 5.56. The number of halogens is 5. The highest BCUT2D eigenvalue weighted by Crippen LogP contribution is 2.43. The van der Waals surface area contributed by atoms with Crippen LogP contribution < -0.4 is 4.90 Å². The summed E-state index contributed by atoms with van der Waals surface area (Å²) >= 11 is 0. The van der Waals surface area contributed by atoms with E-state index in [0.717, 1.165) is 48.2 Å². The van der Waals surface area contributed by atoms with Gasteiger partial charge in [-0.05, 0) is 48.9 Å². The lowest BCUT2D eigenvalue weighted by Gasteiger charge is -2.38. The van der Waals surface area contributed by atoms with E-state index in [4.69, 9.17) is 0 Å². The largest absolute Gasteiger partial charge is 0.435 e. The molecule has 2 heterocycles. The standard InChI is InChI=1S/C21H26F5N3/c1-4-7-14(5-2)29-9-6-8-13-10-15(16(20(22)23)11-18(13)29)17-12-28(3)27-19(17)21(24,25)26/h10-12,14,20H,4-9H2,1-3H3. The lowest BCUT2D eigenvalue weighted by atomic mass is 9.90. The number of anilines is 1. The van der Waals surface area contributed by atoms with Crippen LogP contribution in [0.25, 0.3) is 11.1 Å². The van der Waals surface area contributed by atoms with Crippen molar-refractivity contribution >= 4 is 5.69 Å². The van der Waals surface area contributed by atoms with E-state index in [1.807, 2.05) is 0 Å². The monoisotopic (exact) mass is 415 g/mol. The molecule has 0 spiro atoms. The Balaban J connectivity index is 2.18. The van der Waals surface area contributed by atoms with Gasteiger partial charge in [-0.15, -0.1) is 0 Å². The van der Waals surface area contributed by atoms with Crippen LogP contribution in [0, 0.1) is 0 Å². The van der Waals surface area contributed by atoms with Gasteiger partial charge in [0, 0.05) is 42.6 Å². The van der Waals surface area contributed by atoms with Crippen LogP contribution in [0.5, 0.6) is 0 Å². The third-order valence-corrected chi connectivity index (χ3v) is 5.56. The average molecular weight is 415 g/mol. The van der Waals surface area contributed by atoms with E-state index in [1.165, 1.54) is 25.4 Å². The molecule has 1 aliphatic rings. The van der Waals surface area contributed by atoms with E-state index in [1.54, 1.807) is 0 Å². The minimum absolute atomic E-state index is 0.0791. The second-order valence-corrected chi connectivity index (χ2v) is 7.58. The fraction of sp³-hybridized carbons (Fsp3) is 0.571. The van der Waals surface area contributed by atoms with Gasteiger partial charge in [-0.1, -0.05) is 20.3 Å². The predicted molar refractivity (Wildman–Crippen MR) is 103 cm³/mol. The average Bonchev–Trinajstić information content (AvgIpc) is 3.06. The van der Waals surface area contributed by atoms with Gasteiger partial charge in [0.05, 0.1) is 0 Å². The zero-order valence-electron chi connectivity index (χ0n) is 16.9. The summed E-state index contributed by atoms with van der Waals surface area (Å²) in [4.78, 5) is 2.16. The Kier molecular flexibility index (Phi) is 6.19. The third kappa shape index (κ3) is 4.26. The highest BCUT2D eigenvalue weighted by atomic mass is 19.4. The van der Waals surface area contributed by atoms with E-state index in [-0.39, 0.29) is 22.7 Å². The van der Waals surface area contributed by atoms with Gasteiger partial charge in [-0.2, -0.15) is 18.3 Å². The Labute approximate surface area is 167 Å². The number of aryl methyl sites for hydroxylation is 2. The number of aromatic nitrogens is 2. The zero-order valence-corrected chi connectivity index (χ0v) is 16.9. The van der Waals surface area contributed by atoms with Gasteiger partial charge < -0.3 is 4.90 Å². The summed E-state index contributed by atoms with van der Waals surface area (Å²) < 4.78 is 69.3. The van der Waals surface area contributed by atoms with Gasteiger partial charge >= 0.3 is 6.18 Å². The molecule has 1 unspecified atom stereocenters. The molecule has 160 valence electrons. The Hall–Kier alpha value is -2.12. The van der Waals surface area contributed by atoms with E-state index in [0.29, 0.717) is 6.42 Å². The van der Waals surface area contributed by atoms with Crippen molar-refractivity contribution in [2.45, 2.75) is 64.6 Å². The molecule has 1 atom stereocenters. The number of rotatable bonds is 6. The molecular formula is C21H26F5N3. The molecule has 0 fully saturated rings. The van der Waals surface area contributed by atoms with Crippen molar-refractivity contribution in [3.8, 4) is 11.1 Å². The molecule has 0 aliphatic carbocycles. The second kappa shape index (κ2) is 8.32. The van der Waals surface area contributed by atoms with Crippen LogP contribution in [0.4, 0.5) is 27.6 Å². The summed E-state index contributed by atoms with van der Waals surface area (Å²) in [6, 6.07) is 3.16. The number of fused-ring (bicyclic) bond motifs is 1. The van der Waals surface area contributed by atoms with E-state index in [9.17, 15) is 22.0 Å². The molecule has 0 radical (unpaired) electrons. The summed E-state index contributed by atoms with van der Waals surface area (Å²) in [7, 11) is 1.36. The first kappa shape index (κ1) is 21.6. The highest BCUT2D eigenvalue weighted by Gasteiger charge is 2.38. The van der Waals surface area contributed by atoms with E-state index < -0.39 is 18.3 Å². The Morgan fingerprint density at radius 3 is 2.45 bits per heavy atom. The summed E-state index contributed by atoms with van der Waals surface area (Å²) in [5.41, 5.74) is -0.331. The van der Waals surface area contributed by atoms with Gasteiger partial charge in [-0.3, -0.25) is 4.68 Å². The van der Waals surface area contributed by atoms with E-state index >= 15 is 0 Å². The molecule has 3 nitrogen and oxygen atoms in total. The molecule has 0 saturated heterocycles. The maximum absolute atomic E-state index is 13.9. The molecule has 3 rings (SSSR count). The number of nitrogens with zero attached hydrogens (tertiary/aromatic N) is 3. The lowest BCUT2D eigenvalue weighted by Crippen LogP contribution is -2.38. The van der Waals surface area contributed by atoms with Crippen molar-refractivity contribution in [3.63, 3.8) is 0 Å². The minimum atomic E-state index is -4.72. The van der Waals surface area contributed by atoms with Gasteiger partial charge in [-0.25, -0.2) is 8.78 Å². The predicted octanol–water partition coefficient (Wildman–Crippen LogP) is 6.37. The van der Waals surface area contributed by atoms with E-state index in [2.05, 4.69) is 23.8 Å². The van der Waals surface area contributed by atoms with Crippen LogP contribution in [0.2, 0.25) is 0 Å². The molecule has 29 heavy (non-hydrogen) atoms. The maximum atomic E-state index is 13.9. The number of benzene rings is 1. The van der Waals surface area contributed by atoms with Crippen LogP contribution in [-0.2, 0) is 19.6 Å². The number of hydrogen-bond acceptors (Lipinski definition) is 2. The molecule has 0 amide bonds. The fourth-order valence-electron chi connectivity index (χ4n) is 4.28. The summed E-state index contributed by atoms with van der Waals surface area (Å²) in [6.07, 6.45) is -2.11. The van der Waals surface area contributed by atoms with Crippen molar-refractivity contribution in [1.29, 1.82) is 0 Å². The zero-order chi connectivity index (χ0) is 21.3. The van der Waals surface area contributed by atoms with Crippen LogP contribution in [0.15, 0.2) is 18.3 Å². The highest BCUT2D eigenvalue weighted by molar-refractivity contribution is 5.75. The maximum Gasteiger partial charge on any atom is 0.435 e. The van der Waals surface area contributed by atoms with Crippen molar-refractivity contribution < 1.29 is 22.0 Å². The van der Waals surface area contributed by atoms with Crippen LogP contribution >= 0.6 is 0 Å². The second-order valence-electron chi connectivity index (χ2n) is 7.58.